The summed E-state index contributed by atoms with van der Waals surface area (Å²) < 4.78 is 0. The summed E-state index contributed by atoms with van der Waals surface area (Å²) in [4.78, 5) is 21.9. The number of carbonyl (C=O) groups is 1. The van der Waals surface area contributed by atoms with E-state index < -0.39 is 6.61 Å². The summed E-state index contributed by atoms with van der Waals surface area (Å²) in [6, 6.07) is 9.44. The summed E-state index contributed by atoms with van der Waals surface area (Å²) in [6.45, 7) is 0.784. The number of nitrogens with one attached hydrogen (secondary N) is 1. The van der Waals surface area contributed by atoms with E-state index in [1.807, 2.05) is 30.3 Å². The van der Waals surface area contributed by atoms with Gasteiger partial charge in [0.25, 0.3) is 0 Å². The lowest BCUT2D eigenvalue weighted by atomic mass is 9.89. The van der Waals surface area contributed by atoms with E-state index in [0.717, 1.165) is 41.1 Å². The molecule has 1 fully saturated rings. The maximum Gasteiger partial charge on any atom is 0.248 e. The zero-order chi connectivity index (χ0) is 19.5. The minimum atomic E-state index is -0.443. The van der Waals surface area contributed by atoms with Gasteiger partial charge < -0.3 is 10.0 Å². The first-order valence-corrected chi connectivity index (χ1v) is 9.54. The molecule has 0 saturated carbocycles. The van der Waals surface area contributed by atoms with Gasteiger partial charge in [0, 0.05) is 47.0 Å². The van der Waals surface area contributed by atoms with Crippen LogP contribution in [-0.2, 0) is 4.79 Å². The van der Waals surface area contributed by atoms with Crippen molar-refractivity contribution >= 4 is 29.9 Å². The first-order chi connectivity index (χ1) is 13.7. The van der Waals surface area contributed by atoms with Gasteiger partial charge in [-0.15, -0.1) is 12.4 Å². The molecule has 3 heterocycles. The first kappa shape index (κ1) is 21.2. The molecule has 1 amide bonds. The molecule has 1 aromatic carbocycles. The Labute approximate surface area is 179 Å². The number of rotatable bonds is 4. The number of aromatic amines is 1. The summed E-state index contributed by atoms with van der Waals surface area (Å²) in [7, 11) is 0. The van der Waals surface area contributed by atoms with Crippen molar-refractivity contribution in [2.45, 2.75) is 18.8 Å². The van der Waals surface area contributed by atoms with Gasteiger partial charge in [0.2, 0.25) is 5.91 Å². The number of halogens is 2. The van der Waals surface area contributed by atoms with Crippen LogP contribution in [0.4, 0.5) is 0 Å². The lowest BCUT2D eigenvalue weighted by molar-refractivity contribution is -0.135. The second kappa shape index (κ2) is 9.35. The summed E-state index contributed by atoms with van der Waals surface area (Å²) in [5.41, 5.74) is 4.54. The normalized spacial score (nSPS) is 14.5. The predicted molar refractivity (Wildman–Crippen MR) is 113 cm³/mol. The molecule has 0 unspecified atom stereocenters. The van der Waals surface area contributed by atoms with Crippen molar-refractivity contribution in [1.82, 2.24) is 25.1 Å². The predicted octanol–water partition coefficient (Wildman–Crippen LogP) is 3.31. The van der Waals surface area contributed by atoms with E-state index in [9.17, 15) is 4.79 Å². The molecule has 1 aliphatic heterocycles. The van der Waals surface area contributed by atoms with Crippen molar-refractivity contribution < 1.29 is 9.90 Å². The van der Waals surface area contributed by atoms with E-state index in [1.165, 1.54) is 6.33 Å². The van der Waals surface area contributed by atoms with Gasteiger partial charge in [0.1, 0.15) is 18.6 Å². The number of aromatic nitrogens is 4. The van der Waals surface area contributed by atoms with E-state index in [4.69, 9.17) is 16.7 Å². The molecule has 152 valence electrons. The number of piperidine rings is 1. The van der Waals surface area contributed by atoms with Crippen molar-refractivity contribution in [3.8, 4) is 22.5 Å². The molecule has 0 atom stereocenters. The quantitative estimate of drug-likeness (QED) is 0.657. The minimum absolute atomic E-state index is 0. The summed E-state index contributed by atoms with van der Waals surface area (Å²) in [6.07, 6.45) is 4.84. The Morgan fingerprint density at radius 3 is 2.55 bits per heavy atom. The largest absolute Gasteiger partial charge is 0.387 e. The highest BCUT2D eigenvalue weighted by Gasteiger charge is 2.28. The third kappa shape index (κ3) is 4.42. The highest BCUT2D eigenvalue weighted by molar-refractivity contribution is 6.30. The lowest BCUT2D eigenvalue weighted by Gasteiger charge is -2.31. The minimum Gasteiger partial charge on any atom is -0.387 e. The van der Waals surface area contributed by atoms with Crippen molar-refractivity contribution in [1.29, 1.82) is 0 Å². The van der Waals surface area contributed by atoms with Crippen LogP contribution in [0.25, 0.3) is 22.5 Å². The van der Waals surface area contributed by atoms with Gasteiger partial charge in [-0.1, -0.05) is 23.7 Å². The van der Waals surface area contributed by atoms with E-state index in [1.54, 1.807) is 11.1 Å². The van der Waals surface area contributed by atoms with Gasteiger partial charge in [-0.25, -0.2) is 9.97 Å². The molecule has 7 nitrogen and oxygen atoms in total. The van der Waals surface area contributed by atoms with Gasteiger partial charge in [-0.3, -0.25) is 9.89 Å². The Hall–Kier alpha value is -2.48. The molecule has 4 rings (SSSR count). The highest BCUT2D eigenvalue weighted by atomic mass is 35.5. The standard InChI is InChI=1S/C20H20ClN5O2.ClH/c21-15-3-1-13(2-4-15)19-18(16-5-8-22-12-23-16)20(25-24-19)14-6-9-26(10-7-14)17(28)11-27;/h1-5,8,12,14,27H,6-7,9-11H2,(H,24,25);1H. The molecular formula is C20H21Cl2N5O2. The number of likely N-dealkylation sites (tertiary alicyclic amines) is 1. The topological polar surface area (TPSA) is 95.0 Å². The fraction of sp³-hybridized carbons (Fsp3) is 0.300. The smallest absolute Gasteiger partial charge is 0.248 e. The van der Waals surface area contributed by atoms with Crippen molar-refractivity contribution in [3.05, 3.63) is 53.6 Å². The van der Waals surface area contributed by atoms with Crippen LogP contribution in [0, 0.1) is 0 Å². The van der Waals surface area contributed by atoms with Crippen LogP contribution in [0.5, 0.6) is 0 Å². The first-order valence-electron chi connectivity index (χ1n) is 9.16. The van der Waals surface area contributed by atoms with Crippen LogP contribution >= 0.6 is 24.0 Å². The third-order valence-corrected chi connectivity index (χ3v) is 5.39. The lowest BCUT2D eigenvalue weighted by Crippen LogP contribution is -2.39. The van der Waals surface area contributed by atoms with Crippen LogP contribution in [-0.4, -0.2) is 55.8 Å². The number of H-pyrrole nitrogens is 1. The summed E-state index contributed by atoms with van der Waals surface area (Å²) >= 11 is 6.04. The zero-order valence-corrected chi connectivity index (χ0v) is 17.2. The molecule has 2 aromatic heterocycles. The van der Waals surface area contributed by atoms with Crippen LogP contribution in [0.1, 0.15) is 24.5 Å². The molecule has 1 saturated heterocycles. The monoisotopic (exact) mass is 433 g/mol. The van der Waals surface area contributed by atoms with Gasteiger partial charge in [-0.05, 0) is 31.0 Å². The van der Waals surface area contributed by atoms with Gasteiger partial charge >= 0.3 is 0 Å². The average Bonchev–Trinajstić information content (AvgIpc) is 3.19. The number of hydrogen-bond acceptors (Lipinski definition) is 5. The Balaban J connectivity index is 0.00000240. The summed E-state index contributed by atoms with van der Waals surface area (Å²) in [5, 5.41) is 17.6. The number of hydrogen-bond donors (Lipinski definition) is 2. The Morgan fingerprint density at radius 2 is 1.93 bits per heavy atom. The van der Waals surface area contributed by atoms with Crippen LogP contribution in [0.3, 0.4) is 0 Å². The number of nitrogens with zero attached hydrogens (tertiary/aromatic N) is 4. The fourth-order valence-corrected chi connectivity index (χ4v) is 3.81. The number of aliphatic hydroxyl groups excluding tert-OH is 1. The summed E-state index contributed by atoms with van der Waals surface area (Å²) in [5.74, 6) is 0.00203. The van der Waals surface area contributed by atoms with E-state index in [0.29, 0.717) is 18.1 Å². The maximum atomic E-state index is 11.7. The van der Waals surface area contributed by atoms with Gasteiger partial charge in [-0.2, -0.15) is 5.10 Å². The SMILES string of the molecule is Cl.O=C(CO)N1CCC(c2[nH]nc(-c3ccc(Cl)cc3)c2-c2ccncn2)CC1. The number of carbonyl (C=O) groups excluding carboxylic acids is 1. The van der Waals surface area contributed by atoms with Crippen LogP contribution < -0.4 is 0 Å². The molecule has 0 aliphatic carbocycles. The molecule has 3 aromatic rings. The zero-order valence-electron chi connectivity index (χ0n) is 15.6. The van der Waals surface area contributed by atoms with E-state index in [-0.39, 0.29) is 24.2 Å². The molecule has 2 N–H and O–H groups in total. The van der Waals surface area contributed by atoms with E-state index >= 15 is 0 Å². The molecule has 0 radical (unpaired) electrons. The highest BCUT2D eigenvalue weighted by Crippen LogP contribution is 2.39. The Kier molecular flexibility index (Phi) is 6.84. The van der Waals surface area contributed by atoms with Crippen molar-refractivity contribution in [3.63, 3.8) is 0 Å². The molecular weight excluding hydrogens is 413 g/mol. The van der Waals surface area contributed by atoms with Crippen molar-refractivity contribution in [2.75, 3.05) is 19.7 Å². The Morgan fingerprint density at radius 1 is 1.21 bits per heavy atom. The Bertz CT molecular complexity index is 955. The third-order valence-electron chi connectivity index (χ3n) is 5.14. The molecule has 29 heavy (non-hydrogen) atoms. The fourth-order valence-electron chi connectivity index (χ4n) is 3.68. The van der Waals surface area contributed by atoms with Gasteiger partial charge in [0.05, 0.1) is 5.69 Å². The van der Waals surface area contributed by atoms with Crippen LogP contribution in [0.15, 0.2) is 42.9 Å². The molecule has 0 bridgehead atoms. The molecule has 9 heteroatoms. The number of benzene rings is 1. The van der Waals surface area contributed by atoms with E-state index in [2.05, 4.69) is 20.2 Å². The van der Waals surface area contributed by atoms with Gasteiger partial charge in [0.15, 0.2) is 0 Å². The molecule has 1 aliphatic rings. The number of aliphatic hydroxyl groups is 1. The second-order valence-corrected chi connectivity index (χ2v) is 7.21. The average molecular weight is 434 g/mol. The van der Waals surface area contributed by atoms with Crippen LogP contribution in [0.2, 0.25) is 5.02 Å². The van der Waals surface area contributed by atoms with Crippen molar-refractivity contribution in [2.24, 2.45) is 0 Å². The number of amides is 1. The molecule has 0 spiro atoms. The second-order valence-electron chi connectivity index (χ2n) is 6.78. The maximum absolute atomic E-state index is 11.7.